The molecule has 3 nitrogen and oxygen atoms in total. The maximum absolute atomic E-state index is 7.00. The van der Waals surface area contributed by atoms with Gasteiger partial charge in [-0.1, -0.05) is 182 Å². The van der Waals surface area contributed by atoms with Crippen molar-refractivity contribution < 1.29 is 4.42 Å². The molecule has 0 N–H and O–H groups in total. The van der Waals surface area contributed by atoms with Crippen LogP contribution >= 0.6 is 11.3 Å². The van der Waals surface area contributed by atoms with Crippen molar-refractivity contribution in [3.63, 3.8) is 0 Å². The Bertz CT molecular complexity index is 4220. The molecule has 3 aromatic heterocycles. The third kappa shape index (κ3) is 6.57. The van der Waals surface area contributed by atoms with Gasteiger partial charge in [-0.3, -0.25) is 0 Å². The third-order valence-corrected chi connectivity index (χ3v) is 15.3. The Labute approximate surface area is 409 Å². The van der Waals surface area contributed by atoms with Gasteiger partial charge >= 0.3 is 0 Å². The minimum Gasteiger partial charge on any atom is -0.455 e. The van der Waals surface area contributed by atoms with E-state index >= 15 is 0 Å². The Kier molecular flexibility index (Phi) is 9.39. The average Bonchev–Trinajstić information content (AvgIpc) is 4.12. The summed E-state index contributed by atoms with van der Waals surface area (Å²) in [6.07, 6.45) is 0. The molecule has 3 heterocycles. The molecule has 0 spiro atoms. The molecule has 70 heavy (non-hydrogen) atoms. The van der Waals surface area contributed by atoms with Crippen molar-refractivity contribution in [2.24, 2.45) is 0 Å². The quantitative estimate of drug-likeness (QED) is 0.151. The molecule has 11 aromatic carbocycles. The predicted octanol–water partition coefficient (Wildman–Crippen LogP) is 19.2. The van der Waals surface area contributed by atoms with Crippen LogP contribution in [0.3, 0.4) is 0 Å². The molecule has 0 aliphatic rings. The van der Waals surface area contributed by atoms with Crippen LogP contribution < -0.4 is 4.90 Å². The van der Waals surface area contributed by atoms with Crippen molar-refractivity contribution in [2.75, 3.05) is 4.90 Å². The largest absolute Gasteiger partial charge is 0.455 e. The van der Waals surface area contributed by atoms with E-state index in [2.05, 4.69) is 264 Å². The van der Waals surface area contributed by atoms with Gasteiger partial charge in [0.15, 0.2) is 0 Å². The Balaban J connectivity index is 0.924. The molecule has 14 rings (SSSR count). The molecule has 4 heteroatoms. The van der Waals surface area contributed by atoms with Crippen molar-refractivity contribution in [1.29, 1.82) is 0 Å². The second kappa shape index (κ2) is 16.4. The summed E-state index contributed by atoms with van der Waals surface area (Å²) >= 11 is 1.87. The molecule has 14 aromatic rings. The van der Waals surface area contributed by atoms with Gasteiger partial charge in [-0.2, -0.15) is 0 Å². The molecule has 0 fully saturated rings. The SMILES string of the molecule is c1ccc(-c2ccc(-c3ccc(N(c4ccc(-c5cccc6c5sc5ccccc56)cc4)c4ccc(-c5cccc(-n6c7ccccc7c7ccccc76)c5)c5oc6ccccc6c45)cc3)cc2)cc1. The monoisotopic (exact) mass is 910 g/mol. The van der Waals surface area contributed by atoms with Gasteiger partial charge < -0.3 is 13.9 Å². The topological polar surface area (TPSA) is 21.3 Å². The Morgan fingerprint density at radius 3 is 1.59 bits per heavy atom. The van der Waals surface area contributed by atoms with E-state index in [0.717, 1.165) is 61.4 Å². The third-order valence-electron chi connectivity index (χ3n) is 14.0. The summed E-state index contributed by atoms with van der Waals surface area (Å²) in [5.41, 5.74) is 17.6. The fraction of sp³-hybridized carbons (Fsp3) is 0. The highest BCUT2D eigenvalue weighted by Gasteiger charge is 2.23. The molecule has 328 valence electrons. The van der Waals surface area contributed by atoms with Crippen LogP contribution in [0, 0.1) is 0 Å². The minimum atomic E-state index is 0.853. The Morgan fingerprint density at radius 2 is 0.886 bits per heavy atom. The maximum Gasteiger partial charge on any atom is 0.145 e. The molecule has 0 radical (unpaired) electrons. The highest BCUT2D eigenvalue weighted by molar-refractivity contribution is 7.26. The van der Waals surface area contributed by atoms with E-state index in [9.17, 15) is 0 Å². The molecular formula is C66H42N2OS. The predicted molar refractivity (Wildman–Crippen MR) is 297 cm³/mol. The summed E-state index contributed by atoms with van der Waals surface area (Å²) in [5, 5.41) is 7.23. The molecule has 0 saturated heterocycles. The van der Waals surface area contributed by atoms with Gasteiger partial charge in [0.2, 0.25) is 0 Å². The minimum absolute atomic E-state index is 0.853. The van der Waals surface area contributed by atoms with Crippen molar-refractivity contribution in [1.82, 2.24) is 4.57 Å². The van der Waals surface area contributed by atoms with Crippen molar-refractivity contribution in [2.45, 2.75) is 0 Å². The fourth-order valence-corrected chi connectivity index (χ4v) is 12.0. The first-order chi connectivity index (χ1) is 34.7. The Hall–Kier alpha value is -8.96. The summed E-state index contributed by atoms with van der Waals surface area (Å²) in [6, 6.07) is 92.2. The molecule has 0 aliphatic carbocycles. The molecule has 0 aliphatic heterocycles. The molecule has 0 unspecified atom stereocenters. The van der Waals surface area contributed by atoms with E-state index < -0.39 is 0 Å². The van der Waals surface area contributed by atoms with Gasteiger partial charge in [0.25, 0.3) is 0 Å². The number of thiophene rings is 1. The first-order valence-corrected chi connectivity index (χ1v) is 24.6. The maximum atomic E-state index is 7.00. The molecular weight excluding hydrogens is 869 g/mol. The van der Waals surface area contributed by atoms with Crippen LogP contribution in [0.1, 0.15) is 0 Å². The number of hydrogen-bond donors (Lipinski definition) is 0. The zero-order valence-corrected chi connectivity index (χ0v) is 38.8. The van der Waals surface area contributed by atoms with Crippen molar-refractivity contribution >= 4 is 92.3 Å². The van der Waals surface area contributed by atoms with Gasteiger partial charge in [-0.15, -0.1) is 11.3 Å². The van der Waals surface area contributed by atoms with Crippen LogP contribution in [0.15, 0.2) is 259 Å². The van der Waals surface area contributed by atoms with E-state index in [1.54, 1.807) is 0 Å². The molecule has 0 atom stereocenters. The van der Waals surface area contributed by atoms with E-state index in [1.807, 2.05) is 11.3 Å². The number of aromatic nitrogens is 1. The number of furan rings is 1. The van der Waals surface area contributed by atoms with E-state index in [-0.39, 0.29) is 0 Å². The lowest BCUT2D eigenvalue weighted by Crippen LogP contribution is -2.10. The summed E-state index contributed by atoms with van der Waals surface area (Å²) in [5.74, 6) is 0. The van der Waals surface area contributed by atoms with E-state index in [4.69, 9.17) is 4.42 Å². The van der Waals surface area contributed by atoms with Crippen LogP contribution in [0.2, 0.25) is 0 Å². The average molecular weight is 911 g/mol. The molecule has 0 bridgehead atoms. The summed E-state index contributed by atoms with van der Waals surface area (Å²) in [4.78, 5) is 2.40. The number of benzene rings is 11. The second-order valence-electron chi connectivity index (χ2n) is 18.0. The highest BCUT2D eigenvalue weighted by atomic mass is 32.1. The number of anilines is 3. The van der Waals surface area contributed by atoms with Crippen LogP contribution in [0.5, 0.6) is 0 Å². The summed E-state index contributed by atoms with van der Waals surface area (Å²) in [7, 11) is 0. The summed E-state index contributed by atoms with van der Waals surface area (Å²) < 4.78 is 12.0. The number of rotatable bonds is 8. The van der Waals surface area contributed by atoms with Gasteiger partial charge in [-0.05, 0) is 112 Å². The van der Waals surface area contributed by atoms with Gasteiger partial charge in [0.05, 0.1) is 22.1 Å². The van der Waals surface area contributed by atoms with Crippen LogP contribution in [0.4, 0.5) is 17.1 Å². The summed E-state index contributed by atoms with van der Waals surface area (Å²) in [6.45, 7) is 0. The first kappa shape index (κ1) is 40.1. The number of hydrogen-bond acceptors (Lipinski definition) is 3. The zero-order chi connectivity index (χ0) is 46.1. The smallest absolute Gasteiger partial charge is 0.145 e. The Morgan fingerprint density at radius 1 is 0.357 bits per heavy atom. The van der Waals surface area contributed by atoms with Crippen molar-refractivity contribution in [3.8, 4) is 50.2 Å². The number of fused-ring (bicyclic) bond motifs is 9. The first-order valence-electron chi connectivity index (χ1n) is 23.8. The van der Waals surface area contributed by atoms with Crippen LogP contribution in [-0.2, 0) is 0 Å². The van der Waals surface area contributed by atoms with Crippen molar-refractivity contribution in [3.05, 3.63) is 255 Å². The standard InChI is InChI=1S/C66H42N2OS/c1-2-14-43(15-3-1)44-28-30-45(31-29-44)46-32-36-49(37-33-46)67(50-38-34-47(35-39-50)53-22-13-23-57-56-20-7-11-27-63(56)70-66(53)57)61-41-40-52(65-64(61)58-21-6-10-26-62(58)69-65)48-16-12-17-51(42-48)68-59-24-8-4-18-54(59)55-19-5-9-25-60(55)68/h1-42H. The molecule has 0 amide bonds. The normalized spacial score (nSPS) is 11.7. The van der Waals surface area contributed by atoms with Crippen LogP contribution in [-0.4, -0.2) is 4.57 Å². The fourth-order valence-electron chi connectivity index (χ4n) is 10.7. The van der Waals surface area contributed by atoms with Gasteiger partial charge in [0, 0.05) is 59.0 Å². The van der Waals surface area contributed by atoms with Gasteiger partial charge in [0.1, 0.15) is 11.2 Å². The molecule has 0 saturated carbocycles. The lowest BCUT2D eigenvalue weighted by Gasteiger charge is -2.27. The lowest BCUT2D eigenvalue weighted by molar-refractivity contribution is 0.670. The highest BCUT2D eigenvalue weighted by Crippen LogP contribution is 2.48. The van der Waals surface area contributed by atoms with Gasteiger partial charge in [-0.25, -0.2) is 0 Å². The lowest BCUT2D eigenvalue weighted by atomic mass is 9.98. The zero-order valence-electron chi connectivity index (χ0n) is 38.0. The second-order valence-corrected chi connectivity index (χ2v) is 19.1. The number of nitrogens with zero attached hydrogens (tertiary/aromatic N) is 2. The van der Waals surface area contributed by atoms with E-state index in [1.165, 1.54) is 69.8 Å². The number of para-hydroxylation sites is 3. The van der Waals surface area contributed by atoms with Crippen LogP contribution in [0.25, 0.3) is 114 Å². The van der Waals surface area contributed by atoms with E-state index in [0.29, 0.717) is 0 Å².